The Kier molecular flexibility index (Phi) is 4.30. The SMILES string of the molecule is COc1cccc(NC(=O)/C=C/c2csc(C)n2)c1. The molecule has 1 amide bonds. The minimum absolute atomic E-state index is 0.195. The Morgan fingerprint density at radius 3 is 3.00 bits per heavy atom. The molecule has 2 aromatic rings. The molecule has 1 aromatic heterocycles. The van der Waals surface area contributed by atoms with Gasteiger partial charge in [0.05, 0.1) is 17.8 Å². The highest BCUT2D eigenvalue weighted by molar-refractivity contribution is 7.09. The van der Waals surface area contributed by atoms with E-state index in [9.17, 15) is 4.79 Å². The van der Waals surface area contributed by atoms with Crippen LogP contribution in [0.1, 0.15) is 10.7 Å². The monoisotopic (exact) mass is 274 g/mol. The van der Waals surface area contributed by atoms with Crippen LogP contribution in [0.3, 0.4) is 0 Å². The maximum atomic E-state index is 11.7. The number of ether oxygens (including phenoxy) is 1. The summed E-state index contributed by atoms with van der Waals surface area (Å²) >= 11 is 1.55. The summed E-state index contributed by atoms with van der Waals surface area (Å²) in [6, 6.07) is 7.21. The van der Waals surface area contributed by atoms with Crippen molar-refractivity contribution in [3.8, 4) is 5.75 Å². The molecule has 0 atom stereocenters. The van der Waals surface area contributed by atoms with Gasteiger partial charge >= 0.3 is 0 Å². The Morgan fingerprint density at radius 2 is 2.32 bits per heavy atom. The lowest BCUT2D eigenvalue weighted by Gasteiger charge is -2.04. The third-order valence-corrected chi connectivity index (χ3v) is 3.17. The van der Waals surface area contributed by atoms with Gasteiger partial charge in [-0.15, -0.1) is 11.3 Å². The Labute approximate surface area is 115 Å². The average molecular weight is 274 g/mol. The van der Waals surface area contributed by atoms with Crippen LogP contribution >= 0.6 is 11.3 Å². The van der Waals surface area contributed by atoms with Gasteiger partial charge in [0.25, 0.3) is 0 Å². The van der Waals surface area contributed by atoms with Crippen molar-refractivity contribution in [3.05, 3.63) is 46.4 Å². The van der Waals surface area contributed by atoms with E-state index in [1.165, 1.54) is 6.08 Å². The molecule has 4 nitrogen and oxygen atoms in total. The van der Waals surface area contributed by atoms with Gasteiger partial charge in [-0.2, -0.15) is 0 Å². The number of carbonyl (C=O) groups is 1. The van der Waals surface area contributed by atoms with Crippen LogP contribution in [0.15, 0.2) is 35.7 Å². The first-order valence-electron chi connectivity index (χ1n) is 5.72. The van der Waals surface area contributed by atoms with E-state index in [1.807, 2.05) is 24.4 Å². The summed E-state index contributed by atoms with van der Waals surface area (Å²) in [4.78, 5) is 16.0. The van der Waals surface area contributed by atoms with Gasteiger partial charge < -0.3 is 10.1 Å². The van der Waals surface area contributed by atoms with Crippen LogP contribution in [0.4, 0.5) is 5.69 Å². The minimum Gasteiger partial charge on any atom is -0.497 e. The lowest BCUT2D eigenvalue weighted by atomic mass is 10.3. The van der Waals surface area contributed by atoms with Crippen LogP contribution in [0.5, 0.6) is 5.75 Å². The summed E-state index contributed by atoms with van der Waals surface area (Å²) in [5.74, 6) is 0.510. The minimum atomic E-state index is -0.195. The number of hydrogen-bond donors (Lipinski definition) is 1. The molecule has 5 heteroatoms. The second kappa shape index (κ2) is 6.15. The van der Waals surface area contributed by atoms with E-state index in [2.05, 4.69) is 10.3 Å². The van der Waals surface area contributed by atoms with Gasteiger partial charge in [0.15, 0.2) is 0 Å². The molecule has 0 fully saturated rings. The Bertz CT molecular complexity index is 605. The van der Waals surface area contributed by atoms with Gasteiger partial charge in [-0.1, -0.05) is 6.07 Å². The Morgan fingerprint density at radius 1 is 1.47 bits per heavy atom. The molecular formula is C14H14N2O2S. The fourth-order valence-corrected chi connectivity index (χ4v) is 2.08. The first-order valence-corrected chi connectivity index (χ1v) is 6.60. The second-order valence-corrected chi connectivity index (χ2v) is 4.91. The lowest BCUT2D eigenvalue weighted by molar-refractivity contribution is -0.111. The van der Waals surface area contributed by atoms with Crippen molar-refractivity contribution >= 4 is 29.0 Å². The average Bonchev–Trinajstić information content (AvgIpc) is 2.82. The third-order valence-electron chi connectivity index (χ3n) is 2.38. The van der Waals surface area contributed by atoms with E-state index in [4.69, 9.17) is 4.74 Å². The maximum Gasteiger partial charge on any atom is 0.248 e. The molecule has 0 unspecified atom stereocenters. The van der Waals surface area contributed by atoms with Crippen LogP contribution < -0.4 is 10.1 Å². The van der Waals surface area contributed by atoms with Crippen molar-refractivity contribution in [1.29, 1.82) is 0 Å². The molecule has 0 saturated carbocycles. The van der Waals surface area contributed by atoms with Crippen LogP contribution in [0.25, 0.3) is 6.08 Å². The van der Waals surface area contributed by atoms with Crippen molar-refractivity contribution in [2.24, 2.45) is 0 Å². The smallest absolute Gasteiger partial charge is 0.248 e. The third kappa shape index (κ3) is 3.93. The first-order chi connectivity index (χ1) is 9.17. The number of amides is 1. The number of aryl methyl sites for hydroxylation is 1. The van der Waals surface area contributed by atoms with Gasteiger partial charge in [0, 0.05) is 23.2 Å². The van der Waals surface area contributed by atoms with Crippen LogP contribution in [-0.4, -0.2) is 18.0 Å². The summed E-state index contributed by atoms with van der Waals surface area (Å²) < 4.78 is 5.09. The summed E-state index contributed by atoms with van der Waals surface area (Å²) in [5, 5.41) is 5.65. The summed E-state index contributed by atoms with van der Waals surface area (Å²) in [6.07, 6.45) is 3.16. The number of methoxy groups -OCH3 is 1. The molecule has 98 valence electrons. The van der Waals surface area contributed by atoms with Crippen LogP contribution in [0.2, 0.25) is 0 Å². The summed E-state index contributed by atoms with van der Waals surface area (Å²) in [7, 11) is 1.59. The van der Waals surface area contributed by atoms with E-state index in [0.717, 1.165) is 10.7 Å². The Hall–Kier alpha value is -2.14. The summed E-state index contributed by atoms with van der Waals surface area (Å²) in [5.41, 5.74) is 1.49. The molecule has 1 heterocycles. The molecule has 1 aromatic carbocycles. The number of thiazole rings is 1. The van der Waals surface area contributed by atoms with Crippen LogP contribution in [0, 0.1) is 6.92 Å². The van der Waals surface area contributed by atoms with Gasteiger partial charge in [0.2, 0.25) is 5.91 Å². The number of nitrogens with zero attached hydrogens (tertiary/aromatic N) is 1. The van der Waals surface area contributed by atoms with Crippen molar-refractivity contribution in [3.63, 3.8) is 0 Å². The largest absolute Gasteiger partial charge is 0.497 e. The molecule has 1 N–H and O–H groups in total. The normalized spacial score (nSPS) is 10.6. The van der Waals surface area contributed by atoms with Gasteiger partial charge in [-0.3, -0.25) is 4.79 Å². The van der Waals surface area contributed by atoms with E-state index >= 15 is 0 Å². The highest BCUT2D eigenvalue weighted by Gasteiger charge is 2.00. The van der Waals surface area contributed by atoms with Crippen molar-refractivity contribution < 1.29 is 9.53 Å². The molecule has 0 radical (unpaired) electrons. The van der Waals surface area contributed by atoms with Crippen LogP contribution in [-0.2, 0) is 4.79 Å². The standard InChI is InChI=1S/C14H14N2O2S/c1-10-15-12(9-19-10)6-7-14(17)16-11-4-3-5-13(8-11)18-2/h3-9H,1-2H3,(H,16,17)/b7-6+. The molecule has 19 heavy (non-hydrogen) atoms. The number of anilines is 1. The second-order valence-electron chi connectivity index (χ2n) is 3.85. The molecule has 0 spiro atoms. The van der Waals surface area contributed by atoms with Crippen molar-refractivity contribution in [2.75, 3.05) is 12.4 Å². The molecule has 0 bridgehead atoms. The predicted molar refractivity (Wildman–Crippen MR) is 77.5 cm³/mol. The maximum absolute atomic E-state index is 11.7. The predicted octanol–water partition coefficient (Wildman–Crippen LogP) is 3.11. The number of benzene rings is 1. The zero-order chi connectivity index (χ0) is 13.7. The van der Waals surface area contributed by atoms with E-state index in [0.29, 0.717) is 11.4 Å². The van der Waals surface area contributed by atoms with Gasteiger partial charge in [0.1, 0.15) is 5.75 Å². The van der Waals surface area contributed by atoms with E-state index in [1.54, 1.807) is 36.7 Å². The highest BCUT2D eigenvalue weighted by atomic mass is 32.1. The first kappa shape index (κ1) is 13.3. The van der Waals surface area contributed by atoms with Crippen molar-refractivity contribution in [2.45, 2.75) is 6.92 Å². The zero-order valence-electron chi connectivity index (χ0n) is 10.7. The number of nitrogens with one attached hydrogen (secondary N) is 1. The zero-order valence-corrected chi connectivity index (χ0v) is 11.5. The molecular weight excluding hydrogens is 260 g/mol. The molecule has 0 aliphatic heterocycles. The topological polar surface area (TPSA) is 51.2 Å². The van der Waals surface area contributed by atoms with Gasteiger partial charge in [-0.05, 0) is 25.1 Å². The Balaban J connectivity index is 1.99. The quantitative estimate of drug-likeness (QED) is 0.871. The number of rotatable bonds is 4. The highest BCUT2D eigenvalue weighted by Crippen LogP contribution is 2.16. The van der Waals surface area contributed by atoms with Crippen molar-refractivity contribution in [1.82, 2.24) is 4.98 Å². The fourth-order valence-electron chi connectivity index (χ4n) is 1.50. The molecule has 0 saturated heterocycles. The van der Waals surface area contributed by atoms with E-state index < -0.39 is 0 Å². The lowest BCUT2D eigenvalue weighted by Crippen LogP contribution is -2.07. The fraction of sp³-hybridized carbons (Fsp3) is 0.143. The molecule has 0 aliphatic carbocycles. The number of hydrogen-bond acceptors (Lipinski definition) is 4. The molecule has 2 rings (SSSR count). The molecule has 0 aliphatic rings. The van der Waals surface area contributed by atoms with E-state index in [-0.39, 0.29) is 5.91 Å². The summed E-state index contributed by atoms with van der Waals surface area (Å²) in [6.45, 7) is 1.93. The number of aromatic nitrogens is 1. The van der Waals surface area contributed by atoms with Gasteiger partial charge in [-0.25, -0.2) is 4.98 Å². The number of carbonyl (C=O) groups excluding carboxylic acids is 1.